The van der Waals surface area contributed by atoms with E-state index in [2.05, 4.69) is 21.8 Å². The number of fused-ring (bicyclic) bond motifs is 1. The molecule has 152 valence electrons. The number of benzene rings is 2. The summed E-state index contributed by atoms with van der Waals surface area (Å²) in [7, 11) is 3.20. The first-order chi connectivity index (χ1) is 14.6. The molecule has 4 rings (SSSR count). The Kier molecular flexibility index (Phi) is 5.42. The highest BCUT2D eigenvalue weighted by molar-refractivity contribution is 5.80. The number of ether oxygens (including phenoxy) is 2. The van der Waals surface area contributed by atoms with Crippen LogP contribution in [0, 0.1) is 24.0 Å². The lowest BCUT2D eigenvalue weighted by atomic mass is 10.1. The van der Waals surface area contributed by atoms with Crippen molar-refractivity contribution in [3.63, 3.8) is 0 Å². The molecule has 7 nitrogen and oxygen atoms in total. The minimum absolute atomic E-state index is 0.360. The van der Waals surface area contributed by atoms with E-state index in [1.165, 1.54) is 0 Å². The summed E-state index contributed by atoms with van der Waals surface area (Å²) >= 11 is 0. The van der Waals surface area contributed by atoms with Crippen LogP contribution in [0.1, 0.15) is 16.7 Å². The van der Waals surface area contributed by atoms with Crippen molar-refractivity contribution in [2.75, 3.05) is 37.3 Å². The predicted molar refractivity (Wildman–Crippen MR) is 116 cm³/mol. The Balaban J connectivity index is 1.60. The van der Waals surface area contributed by atoms with Gasteiger partial charge in [0.1, 0.15) is 11.5 Å². The van der Waals surface area contributed by atoms with Gasteiger partial charge < -0.3 is 24.6 Å². The van der Waals surface area contributed by atoms with Gasteiger partial charge in [-0.3, -0.25) is 0 Å². The Bertz CT molecular complexity index is 1100. The zero-order chi connectivity index (χ0) is 21.1. The molecule has 0 unspecified atom stereocenters. The third-order valence-electron chi connectivity index (χ3n) is 4.86. The smallest absolute Gasteiger partial charge is 0.230 e. The highest BCUT2D eigenvalue weighted by Gasteiger charge is 2.22. The molecule has 1 aromatic heterocycles. The molecule has 0 saturated carbocycles. The van der Waals surface area contributed by atoms with Gasteiger partial charge >= 0.3 is 0 Å². The van der Waals surface area contributed by atoms with Crippen LogP contribution in [0.25, 0.3) is 0 Å². The Morgan fingerprint density at radius 3 is 2.27 bits per heavy atom. The van der Waals surface area contributed by atoms with Gasteiger partial charge in [-0.2, -0.15) is 0 Å². The van der Waals surface area contributed by atoms with E-state index in [9.17, 15) is 5.21 Å². The van der Waals surface area contributed by atoms with Gasteiger partial charge in [0.15, 0.2) is 0 Å². The maximum atomic E-state index is 12.2. The van der Waals surface area contributed by atoms with Gasteiger partial charge in [-0.25, -0.2) is 9.97 Å². The molecule has 0 amide bonds. The third-order valence-corrected chi connectivity index (χ3v) is 4.86. The van der Waals surface area contributed by atoms with E-state index in [1.807, 2.05) is 42.2 Å². The van der Waals surface area contributed by atoms with E-state index in [-0.39, 0.29) is 0 Å². The fourth-order valence-electron chi connectivity index (χ4n) is 3.37. The lowest BCUT2D eigenvalue weighted by Crippen LogP contribution is -2.36. The molecule has 0 radical (unpaired) electrons. The first-order valence-electron chi connectivity index (χ1n) is 9.48. The number of nitrogens with zero attached hydrogens (tertiary/aromatic N) is 4. The van der Waals surface area contributed by atoms with Gasteiger partial charge in [0.2, 0.25) is 5.95 Å². The van der Waals surface area contributed by atoms with Crippen LogP contribution in [-0.4, -0.2) is 37.3 Å². The fourth-order valence-corrected chi connectivity index (χ4v) is 3.37. The van der Waals surface area contributed by atoms with E-state index in [4.69, 9.17) is 9.47 Å². The van der Waals surface area contributed by atoms with Crippen molar-refractivity contribution in [3.8, 4) is 23.3 Å². The van der Waals surface area contributed by atoms with Crippen LogP contribution in [0.2, 0.25) is 0 Å². The number of methoxy groups -OCH3 is 2. The van der Waals surface area contributed by atoms with Gasteiger partial charge in [-0.15, -0.1) is 0 Å². The largest absolute Gasteiger partial charge is 0.758 e. The summed E-state index contributed by atoms with van der Waals surface area (Å²) < 4.78 is 10.5. The Hall–Kier alpha value is -3.76. The monoisotopic (exact) mass is 401 g/mol. The molecule has 0 N–H and O–H groups in total. The second-order valence-corrected chi connectivity index (χ2v) is 6.82. The minimum Gasteiger partial charge on any atom is -0.758 e. The first-order valence-corrected chi connectivity index (χ1v) is 9.48. The second-order valence-electron chi connectivity index (χ2n) is 6.82. The number of hydroxylamine groups is 1. The fraction of sp³-hybridized carbons (Fsp3) is 0.217. The number of hydrogen-bond donors (Lipinski definition) is 0. The van der Waals surface area contributed by atoms with Gasteiger partial charge in [0.05, 0.1) is 31.2 Å². The van der Waals surface area contributed by atoms with Crippen LogP contribution < -0.4 is 19.4 Å². The van der Waals surface area contributed by atoms with Gasteiger partial charge in [-0.1, -0.05) is 24.0 Å². The summed E-state index contributed by atoms with van der Waals surface area (Å²) in [5.74, 6) is 8.06. The number of anilines is 3. The molecule has 0 saturated heterocycles. The maximum absolute atomic E-state index is 12.2. The molecule has 30 heavy (non-hydrogen) atoms. The highest BCUT2D eigenvalue weighted by atomic mass is 16.5. The molecule has 3 aromatic rings. The van der Waals surface area contributed by atoms with E-state index < -0.39 is 0 Å². The quantitative estimate of drug-likeness (QED) is 0.620. The normalized spacial score (nSPS) is 12.7. The molecule has 0 spiro atoms. The number of para-hydroxylation sites is 1. The lowest BCUT2D eigenvalue weighted by molar-refractivity contribution is 0.394. The third kappa shape index (κ3) is 3.86. The van der Waals surface area contributed by atoms with Crippen molar-refractivity contribution in [1.82, 2.24) is 9.97 Å². The molecule has 2 heterocycles. The maximum Gasteiger partial charge on any atom is 0.230 e. The SMILES string of the molecule is COc1cc(C#Cc2cnc(N3CCN([O-])c4cccc(C)c43)nc2)cc(OC)c1. The van der Waals surface area contributed by atoms with Crippen molar-refractivity contribution < 1.29 is 9.47 Å². The molecular weight excluding hydrogens is 380 g/mol. The number of rotatable bonds is 3. The van der Waals surface area contributed by atoms with Crippen molar-refractivity contribution in [1.29, 1.82) is 0 Å². The zero-order valence-electron chi connectivity index (χ0n) is 17.0. The van der Waals surface area contributed by atoms with Gasteiger partial charge in [0, 0.05) is 37.1 Å². The molecule has 0 atom stereocenters. The second kappa shape index (κ2) is 8.31. The van der Waals surface area contributed by atoms with Crippen LogP contribution in [0.5, 0.6) is 11.5 Å². The van der Waals surface area contributed by atoms with E-state index in [1.54, 1.807) is 32.7 Å². The first kappa shape index (κ1) is 19.6. The van der Waals surface area contributed by atoms with Crippen molar-refractivity contribution in [2.45, 2.75) is 6.92 Å². The van der Waals surface area contributed by atoms with Crippen LogP contribution in [0.4, 0.5) is 17.3 Å². The minimum atomic E-state index is 0.360. The van der Waals surface area contributed by atoms with E-state index in [0.29, 0.717) is 41.8 Å². The van der Waals surface area contributed by atoms with Crippen LogP contribution in [0.15, 0.2) is 48.8 Å². The topological polar surface area (TPSA) is 73.8 Å². The summed E-state index contributed by atoms with van der Waals surface area (Å²) in [6, 6.07) is 11.2. The summed E-state index contributed by atoms with van der Waals surface area (Å²) in [6.07, 6.45) is 3.38. The molecule has 1 aliphatic heterocycles. The molecular formula is C23H21N4O3-. The Morgan fingerprint density at radius 2 is 1.60 bits per heavy atom. The highest BCUT2D eigenvalue weighted by Crippen LogP contribution is 2.38. The summed E-state index contributed by atoms with van der Waals surface area (Å²) in [4.78, 5) is 11.0. The van der Waals surface area contributed by atoms with Gasteiger partial charge in [-0.05, 0) is 30.7 Å². The van der Waals surface area contributed by atoms with Gasteiger partial charge in [0.25, 0.3) is 0 Å². The van der Waals surface area contributed by atoms with Crippen LogP contribution in [-0.2, 0) is 0 Å². The average Bonchev–Trinajstić information content (AvgIpc) is 2.78. The Labute approximate surface area is 175 Å². The predicted octanol–water partition coefficient (Wildman–Crippen LogP) is 3.66. The standard InChI is InChI=1S/C23H21N4O3/c1-16-5-4-6-21-22(16)26(9-10-27(21)28)23-24-14-18(15-25-23)8-7-17-11-19(29-2)13-20(12-17)30-3/h4-6,11-15H,9-10H2,1-3H3/q-1. The summed E-state index contributed by atoms with van der Waals surface area (Å²) in [5.41, 5.74) is 3.95. The summed E-state index contributed by atoms with van der Waals surface area (Å²) in [5, 5.41) is 13.2. The number of aromatic nitrogens is 2. The molecule has 0 fully saturated rings. The Morgan fingerprint density at radius 1 is 0.933 bits per heavy atom. The molecule has 0 bridgehead atoms. The van der Waals surface area contributed by atoms with Crippen molar-refractivity contribution in [3.05, 3.63) is 70.7 Å². The van der Waals surface area contributed by atoms with Crippen LogP contribution in [0.3, 0.4) is 0 Å². The van der Waals surface area contributed by atoms with E-state index >= 15 is 0 Å². The summed E-state index contributed by atoms with van der Waals surface area (Å²) in [6.45, 7) is 2.86. The molecule has 7 heteroatoms. The van der Waals surface area contributed by atoms with Crippen molar-refractivity contribution >= 4 is 17.3 Å². The molecule has 0 aliphatic carbocycles. The van der Waals surface area contributed by atoms with Crippen molar-refractivity contribution in [2.24, 2.45) is 0 Å². The number of hydrogen-bond acceptors (Lipinski definition) is 7. The molecule has 1 aliphatic rings. The number of aryl methyl sites for hydroxylation is 1. The lowest BCUT2D eigenvalue weighted by Gasteiger charge is -2.42. The molecule has 2 aromatic carbocycles. The average molecular weight is 401 g/mol. The zero-order valence-corrected chi connectivity index (χ0v) is 17.0. The van der Waals surface area contributed by atoms with Crippen LogP contribution >= 0.6 is 0 Å². The van der Waals surface area contributed by atoms with E-state index in [0.717, 1.165) is 21.9 Å².